The normalized spacial score (nSPS) is 38.8. The molecule has 0 aromatic rings. The van der Waals surface area contributed by atoms with Gasteiger partial charge in [0, 0.05) is 12.3 Å². The molecule has 0 amide bonds. The molecule has 2 saturated carbocycles. The van der Waals surface area contributed by atoms with Crippen LogP contribution in [0, 0.1) is 11.3 Å². The zero-order chi connectivity index (χ0) is 11.2. The van der Waals surface area contributed by atoms with Crippen molar-refractivity contribution in [2.75, 3.05) is 0 Å². The van der Waals surface area contributed by atoms with Crippen molar-refractivity contribution in [3.63, 3.8) is 0 Å². The van der Waals surface area contributed by atoms with Crippen LogP contribution >= 0.6 is 0 Å². The Morgan fingerprint density at radius 1 is 1.06 bits per heavy atom. The monoisotopic (exact) mass is 218 g/mol. The number of allylic oxidation sites excluding steroid dienone is 2. The second-order valence-electron chi connectivity index (χ2n) is 5.56. The van der Waals surface area contributed by atoms with E-state index in [-0.39, 0.29) is 11.2 Å². The topological polar surface area (TPSA) is 34.1 Å². The van der Waals surface area contributed by atoms with Gasteiger partial charge in [0.25, 0.3) is 0 Å². The highest BCUT2D eigenvalue weighted by atomic mass is 16.1. The maximum atomic E-state index is 12.5. The largest absolute Gasteiger partial charge is 0.298 e. The Bertz CT molecular complexity index is 380. The Labute approximate surface area is 96.1 Å². The number of rotatable bonds is 0. The first-order chi connectivity index (χ1) is 7.72. The molecule has 2 atom stereocenters. The summed E-state index contributed by atoms with van der Waals surface area (Å²) in [6.07, 6.45) is 9.59. The van der Waals surface area contributed by atoms with E-state index < -0.39 is 0 Å². The van der Waals surface area contributed by atoms with Crippen LogP contribution in [0.3, 0.4) is 0 Å². The van der Waals surface area contributed by atoms with E-state index in [0.29, 0.717) is 18.1 Å². The van der Waals surface area contributed by atoms with Crippen molar-refractivity contribution in [1.82, 2.24) is 0 Å². The van der Waals surface area contributed by atoms with Crippen LogP contribution in [0.2, 0.25) is 0 Å². The highest BCUT2D eigenvalue weighted by Gasteiger charge is 2.49. The quantitative estimate of drug-likeness (QED) is 0.626. The van der Waals surface area contributed by atoms with Crippen molar-refractivity contribution in [1.29, 1.82) is 0 Å². The molecular weight excluding hydrogens is 200 g/mol. The highest BCUT2D eigenvalue weighted by Crippen LogP contribution is 2.52. The Morgan fingerprint density at radius 3 is 2.81 bits per heavy atom. The lowest BCUT2D eigenvalue weighted by Crippen LogP contribution is -2.42. The fourth-order valence-corrected chi connectivity index (χ4v) is 3.85. The summed E-state index contributed by atoms with van der Waals surface area (Å²) in [6.45, 7) is 0. The Morgan fingerprint density at radius 2 is 1.94 bits per heavy atom. The van der Waals surface area contributed by atoms with Crippen molar-refractivity contribution in [3.05, 3.63) is 11.6 Å². The van der Waals surface area contributed by atoms with E-state index in [1.54, 1.807) is 6.08 Å². The van der Waals surface area contributed by atoms with Crippen LogP contribution in [0.5, 0.6) is 0 Å². The standard InChI is InChI=1S/C14H18O2/c15-12-6-8-14-7-2-1-3-10(13(14)16)4-5-11(14)9-12/h9-10H,1-8H2/t10-,14-/m0/s1. The molecule has 0 heterocycles. The van der Waals surface area contributed by atoms with Crippen molar-refractivity contribution in [2.45, 2.75) is 51.4 Å². The first-order valence-electron chi connectivity index (χ1n) is 6.50. The summed E-state index contributed by atoms with van der Waals surface area (Å²) in [4.78, 5) is 24.0. The number of fused-ring (bicyclic) bond motifs is 1. The van der Waals surface area contributed by atoms with Crippen LogP contribution in [-0.2, 0) is 9.59 Å². The van der Waals surface area contributed by atoms with Crippen molar-refractivity contribution in [3.8, 4) is 0 Å². The number of carbonyl (C=O) groups excluding carboxylic acids is 2. The summed E-state index contributed by atoms with van der Waals surface area (Å²) in [7, 11) is 0. The van der Waals surface area contributed by atoms with Gasteiger partial charge in [-0.2, -0.15) is 0 Å². The molecule has 2 bridgehead atoms. The minimum atomic E-state index is -0.201. The van der Waals surface area contributed by atoms with Crippen LogP contribution in [0.25, 0.3) is 0 Å². The maximum Gasteiger partial charge on any atom is 0.155 e. The maximum absolute atomic E-state index is 12.5. The van der Waals surface area contributed by atoms with Crippen LogP contribution in [0.4, 0.5) is 0 Å². The fraction of sp³-hybridized carbons (Fsp3) is 0.714. The van der Waals surface area contributed by atoms with Gasteiger partial charge >= 0.3 is 0 Å². The molecule has 0 unspecified atom stereocenters. The van der Waals surface area contributed by atoms with Gasteiger partial charge in [0.15, 0.2) is 5.78 Å². The van der Waals surface area contributed by atoms with Crippen molar-refractivity contribution < 1.29 is 9.59 Å². The van der Waals surface area contributed by atoms with Gasteiger partial charge in [-0.3, -0.25) is 9.59 Å². The van der Waals surface area contributed by atoms with Gasteiger partial charge in [-0.1, -0.05) is 18.4 Å². The predicted molar refractivity (Wildman–Crippen MR) is 61.0 cm³/mol. The minimum Gasteiger partial charge on any atom is -0.298 e. The molecule has 2 nitrogen and oxygen atoms in total. The predicted octanol–water partition coefficient (Wildman–Crippen LogP) is 2.82. The molecule has 86 valence electrons. The summed E-state index contributed by atoms with van der Waals surface area (Å²) in [5.41, 5.74) is 0.972. The molecule has 1 spiro atoms. The zero-order valence-electron chi connectivity index (χ0n) is 9.63. The lowest BCUT2D eigenvalue weighted by atomic mass is 9.60. The van der Waals surface area contributed by atoms with E-state index in [2.05, 4.69) is 0 Å². The van der Waals surface area contributed by atoms with Gasteiger partial charge in [0.1, 0.15) is 5.78 Å². The van der Waals surface area contributed by atoms with Crippen LogP contribution < -0.4 is 0 Å². The van der Waals surface area contributed by atoms with Gasteiger partial charge in [-0.15, -0.1) is 0 Å². The Balaban J connectivity index is 2.06. The third kappa shape index (κ3) is 1.32. The first-order valence-corrected chi connectivity index (χ1v) is 6.50. The van der Waals surface area contributed by atoms with Gasteiger partial charge in [-0.05, 0) is 38.2 Å². The zero-order valence-corrected chi connectivity index (χ0v) is 9.63. The Hall–Kier alpha value is -0.920. The molecule has 0 aromatic carbocycles. The molecule has 16 heavy (non-hydrogen) atoms. The smallest absolute Gasteiger partial charge is 0.155 e. The van der Waals surface area contributed by atoms with Gasteiger partial charge < -0.3 is 0 Å². The van der Waals surface area contributed by atoms with E-state index in [1.165, 1.54) is 12.0 Å². The lowest BCUT2D eigenvalue weighted by molar-refractivity contribution is -0.134. The highest BCUT2D eigenvalue weighted by molar-refractivity contribution is 5.98. The average molecular weight is 218 g/mol. The summed E-state index contributed by atoms with van der Waals surface area (Å²) in [5.74, 6) is 0.999. The molecule has 3 rings (SSSR count). The molecule has 2 heteroatoms. The van der Waals surface area contributed by atoms with E-state index in [4.69, 9.17) is 0 Å². The second-order valence-corrected chi connectivity index (χ2v) is 5.56. The number of Topliss-reactive ketones (excluding diaryl/α,β-unsaturated/α-hetero) is 1. The summed E-state index contributed by atoms with van der Waals surface area (Å²) >= 11 is 0. The summed E-state index contributed by atoms with van der Waals surface area (Å²) in [6, 6.07) is 0. The average Bonchev–Trinajstić information content (AvgIpc) is 2.37. The fourth-order valence-electron chi connectivity index (χ4n) is 3.85. The Kier molecular flexibility index (Phi) is 2.27. The van der Waals surface area contributed by atoms with E-state index in [1.807, 2.05) is 0 Å². The molecule has 0 aromatic heterocycles. The first kappa shape index (κ1) is 10.2. The van der Waals surface area contributed by atoms with E-state index in [9.17, 15) is 9.59 Å². The lowest BCUT2D eigenvalue weighted by Gasteiger charge is -2.42. The molecule has 2 fully saturated rings. The van der Waals surface area contributed by atoms with Crippen LogP contribution in [-0.4, -0.2) is 11.6 Å². The van der Waals surface area contributed by atoms with Gasteiger partial charge in [0.2, 0.25) is 0 Å². The number of hydrogen-bond acceptors (Lipinski definition) is 2. The second kappa shape index (κ2) is 3.54. The molecule has 3 aliphatic carbocycles. The molecule has 0 aliphatic heterocycles. The minimum absolute atomic E-state index is 0.201. The van der Waals surface area contributed by atoms with Gasteiger partial charge in [-0.25, -0.2) is 0 Å². The molecule has 0 saturated heterocycles. The van der Waals surface area contributed by atoms with E-state index in [0.717, 1.165) is 38.5 Å². The van der Waals surface area contributed by atoms with E-state index >= 15 is 0 Å². The number of ketones is 2. The third-order valence-electron chi connectivity index (χ3n) is 4.76. The van der Waals surface area contributed by atoms with Crippen molar-refractivity contribution >= 4 is 11.6 Å². The SMILES string of the molecule is O=C1C=C2CC[C@@H]3CCCC[C@@]2(CC1)C3=O. The number of carbonyl (C=O) groups is 2. The molecule has 0 radical (unpaired) electrons. The van der Waals surface area contributed by atoms with Gasteiger partial charge in [0.05, 0.1) is 5.41 Å². The summed E-state index contributed by atoms with van der Waals surface area (Å²) in [5, 5.41) is 0. The summed E-state index contributed by atoms with van der Waals surface area (Å²) < 4.78 is 0. The molecule has 0 N–H and O–H groups in total. The molecule has 3 aliphatic rings. The number of hydrogen-bond donors (Lipinski definition) is 0. The third-order valence-corrected chi connectivity index (χ3v) is 4.76. The molecular formula is C14H18O2. The van der Waals surface area contributed by atoms with Crippen LogP contribution in [0.1, 0.15) is 51.4 Å². The van der Waals surface area contributed by atoms with Crippen LogP contribution in [0.15, 0.2) is 11.6 Å². The van der Waals surface area contributed by atoms with Crippen molar-refractivity contribution in [2.24, 2.45) is 11.3 Å².